The molecule has 0 aliphatic heterocycles. The van der Waals surface area contributed by atoms with Crippen LogP contribution in [0.15, 0.2) is 24.9 Å². The minimum absolute atomic E-state index is 0.261. The zero-order valence-corrected chi connectivity index (χ0v) is 7.93. The second-order valence-electron chi connectivity index (χ2n) is 2.53. The molecule has 1 heterocycles. The van der Waals surface area contributed by atoms with Gasteiger partial charge in [-0.15, -0.1) is 0 Å². The predicted octanol–water partition coefficient (Wildman–Crippen LogP) is 2.17. The van der Waals surface area contributed by atoms with E-state index in [1.807, 2.05) is 6.92 Å². The Morgan fingerprint density at radius 3 is 3.00 bits per heavy atom. The Balaban J connectivity index is 2.85. The first-order chi connectivity index (χ1) is 6.13. The maximum atomic E-state index is 10.9. The number of nitrogens with zero attached hydrogens (tertiary/aromatic N) is 1. The summed E-state index contributed by atoms with van der Waals surface area (Å²) in [6.07, 6.45) is 2.70. The van der Waals surface area contributed by atoms with E-state index >= 15 is 0 Å². The normalized spacial score (nSPS) is 9.38. The third-order valence-corrected chi connectivity index (χ3v) is 1.86. The fraction of sp³-hybridized carbons (Fsp3) is 0.111. The number of pyridine rings is 1. The number of anilines is 1. The molecule has 13 heavy (non-hydrogen) atoms. The van der Waals surface area contributed by atoms with Crippen molar-refractivity contribution in [3.8, 4) is 0 Å². The van der Waals surface area contributed by atoms with Crippen LogP contribution in [-0.2, 0) is 4.79 Å². The Kier molecular flexibility index (Phi) is 3.03. The number of aromatic nitrogens is 1. The number of amides is 1. The summed E-state index contributed by atoms with van der Waals surface area (Å²) in [5.74, 6) is -0.261. The lowest BCUT2D eigenvalue weighted by Crippen LogP contribution is -2.07. The Morgan fingerprint density at radius 2 is 2.46 bits per heavy atom. The topological polar surface area (TPSA) is 42.0 Å². The van der Waals surface area contributed by atoms with E-state index in [0.29, 0.717) is 10.8 Å². The molecule has 3 nitrogen and oxygen atoms in total. The number of halogens is 1. The molecule has 1 aromatic rings. The Hall–Kier alpha value is -1.35. The molecule has 0 atom stereocenters. The van der Waals surface area contributed by atoms with Gasteiger partial charge in [0.05, 0.1) is 11.9 Å². The molecule has 0 aromatic carbocycles. The number of carbonyl (C=O) groups excluding carboxylic acids is 1. The molecule has 4 heteroatoms. The minimum atomic E-state index is -0.261. The van der Waals surface area contributed by atoms with Crippen molar-refractivity contribution in [2.75, 3.05) is 5.32 Å². The average molecular weight is 197 g/mol. The molecule has 0 aliphatic carbocycles. The van der Waals surface area contributed by atoms with Crippen LogP contribution in [0.3, 0.4) is 0 Å². The summed E-state index contributed by atoms with van der Waals surface area (Å²) in [5.41, 5.74) is 1.44. The van der Waals surface area contributed by atoms with E-state index in [4.69, 9.17) is 11.6 Å². The molecule has 68 valence electrons. The molecule has 1 rings (SSSR count). The summed E-state index contributed by atoms with van der Waals surface area (Å²) in [5, 5.41) is 3.02. The van der Waals surface area contributed by atoms with Crippen molar-refractivity contribution in [2.45, 2.75) is 6.92 Å². The molecule has 1 aromatic heterocycles. The van der Waals surface area contributed by atoms with Crippen LogP contribution in [0.2, 0.25) is 5.15 Å². The van der Waals surface area contributed by atoms with Gasteiger partial charge >= 0.3 is 0 Å². The minimum Gasteiger partial charge on any atom is -0.321 e. The Morgan fingerprint density at radius 1 is 1.77 bits per heavy atom. The molecular weight excluding hydrogens is 188 g/mol. The predicted molar refractivity (Wildman–Crippen MR) is 52.8 cm³/mol. The summed E-state index contributed by atoms with van der Waals surface area (Å²) in [7, 11) is 0. The van der Waals surface area contributed by atoms with E-state index < -0.39 is 0 Å². The van der Waals surface area contributed by atoms with Crippen LogP contribution in [0.1, 0.15) is 5.56 Å². The van der Waals surface area contributed by atoms with Gasteiger partial charge in [0.1, 0.15) is 5.15 Å². The molecular formula is C9H9ClN2O. The van der Waals surface area contributed by atoms with Crippen LogP contribution in [0.4, 0.5) is 5.69 Å². The van der Waals surface area contributed by atoms with Gasteiger partial charge in [-0.3, -0.25) is 4.79 Å². The number of nitrogens with one attached hydrogen (secondary N) is 1. The van der Waals surface area contributed by atoms with E-state index in [1.54, 1.807) is 6.07 Å². The van der Waals surface area contributed by atoms with Gasteiger partial charge in [-0.2, -0.15) is 0 Å². The third-order valence-electron chi connectivity index (χ3n) is 1.47. The van der Waals surface area contributed by atoms with Crippen LogP contribution in [0.5, 0.6) is 0 Å². The lowest BCUT2D eigenvalue weighted by Gasteiger charge is -2.03. The number of hydrogen-bond acceptors (Lipinski definition) is 2. The zero-order valence-electron chi connectivity index (χ0n) is 7.17. The first kappa shape index (κ1) is 9.74. The van der Waals surface area contributed by atoms with Gasteiger partial charge in [0.15, 0.2) is 0 Å². The molecule has 0 aliphatic rings. The lowest BCUT2D eigenvalue weighted by molar-refractivity contribution is -0.111. The molecule has 0 bridgehead atoms. The molecule has 0 unspecified atom stereocenters. The van der Waals surface area contributed by atoms with Gasteiger partial charge in [-0.1, -0.05) is 18.2 Å². The highest BCUT2D eigenvalue weighted by Gasteiger charge is 2.00. The number of carbonyl (C=O) groups is 1. The number of aryl methyl sites for hydroxylation is 1. The van der Waals surface area contributed by atoms with Gasteiger partial charge in [-0.25, -0.2) is 4.98 Å². The molecule has 0 spiro atoms. The van der Waals surface area contributed by atoms with Gasteiger partial charge < -0.3 is 5.32 Å². The molecule has 0 fully saturated rings. The maximum Gasteiger partial charge on any atom is 0.247 e. The molecule has 1 N–H and O–H groups in total. The van der Waals surface area contributed by atoms with Crippen molar-refractivity contribution in [1.29, 1.82) is 0 Å². The number of rotatable bonds is 2. The van der Waals surface area contributed by atoms with Gasteiger partial charge in [0.25, 0.3) is 0 Å². The summed E-state index contributed by atoms with van der Waals surface area (Å²) in [6, 6.07) is 1.75. The number of hydrogen-bond donors (Lipinski definition) is 1. The second kappa shape index (κ2) is 4.05. The van der Waals surface area contributed by atoms with Gasteiger partial charge in [-0.05, 0) is 24.6 Å². The standard InChI is InChI=1S/C9H9ClN2O/c1-3-8(13)12-7-4-6(2)9(10)11-5-7/h3-5H,1H2,2H3,(H,12,13). The van der Waals surface area contributed by atoms with Crippen molar-refractivity contribution >= 4 is 23.2 Å². The Bertz CT molecular complexity index is 349. The molecule has 0 saturated carbocycles. The highest BCUT2D eigenvalue weighted by molar-refractivity contribution is 6.30. The van der Waals surface area contributed by atoms with Crippen LogP contribution in [0, 0.1) is 6.92 Å². The summed E-state index contributed by atoms with van der Waals surface area (Å²) in [6.45, 7) is 5.16. The van der Waals surface area contributed by atoms with E-state index in [2.05, 4.69) is 16.9 Å². The highest BCUT2D eigenvalue weighted by atomic mass is 35.5. The highest BCUT2D eigenvalue weighted by Crippen LogP contribution is 2.15. The van der Waals surface area contributed by atoms with Crippen molar-refractivity contribution in [3.05, 3.63) is 35.6 Å². The van der Waals surface area contributed by atoms with E-state index in [1.165, 1.54) is 12.3 Å². The van der Waals surface area contributed by atoms with Crippen molar-refractivity contribution in [3.63, 3.8) is 0 Å². The van der Waals surface area contributed by atoms with Crippen molar-refractivity contribution in [2.24, 2.45) is 0 Å². The van der Waals surface area contributed by atoms with Crippen LogP contribution < -0.4 is 5.32 Å². The van der Waals surface area contributed by atoms with E-state index in [9.17, 15) is 4.79 Å². The largest absolute Gasteiger partial charge is 0.321 e. The zero-order chi connectivity index (χ0) is 9.84. The quantitative estimate of drug-likeness (QED) is 0.582. The summed E-state index contributed by atoms with van der Waals surface area (Å²) < 4.78 is 0. The van der Waals surface area contributed by atoms with Crippen LogP contribution >= 0.6 is 11.6 Å². The summed E-state index contributed by atoms with van der Waals surface area (Å²) >= 11 is 5.71. The first-order valence-electron chi connectivity index (χ1n) is 3.69. The van der Waals surface area contributed by atoms with Gasteiger partial charge in [0.2, 0.25) is 5.91 Å². The third kappa shape index (κ3) is 2.56. The average Bonchev–Trinajstić information content (AvgIpc) is 2.11. The molecule has 0 radical (unpaired) electrons. The monoisotopic (exact) mass is 196 g/mol. The maximum absolute atomic E-state index is 10.9. The van der Waals surface area contributed by atoms with E-state index in [0.717, 1.165) is 5.56 Å². The van der Waals surface area contributed by atoms with Crippen LogP contribution in [-0.4, -0.2) is 10.9 Å². The fourth-order valence-corrected chi connectivity index (χ4v) is 0.923. The first-order valence-corrected chi connectivity index (χ1v) is 4.07. The van der Waals surface area contributed by atoms with Crippen molar-refractivity contribution < 1.29 is 4.79 Å². The molecule has 1 amide bonds. The van der Waals surface area contributed by atoms with Gasteiger partial charge in [0, 0.05) is 0 Å². The van der Waals surface area contributed by atoms with E-state index in [-0.39, 0.29) is 5.91 Å². The SMILES string of the molecule is C=CC(=O)Nc1cnc(Cl)c(C)c1. The fourth-order valence-electron chi connectivity index (χ4n) is 0.820. The van der Waals surface area contributed by atoms with Crippen molar-refractivity contribution in [1.82, 2.24) is 4.98 Å². The van der Waals surface area contributed by atoms with Crippen LogP contribution in [0.25, 0.3) is 0 Å². The Labute approximate surface area is 81.4 Å². The lowest BCUT2D eigenvalue weighted by atomic mass is 10.3. The smallest absolute Gasteiger partial charge is 0.247 e. The summed E-state index contributed by atoms with van der Waals surface area (Å²) in [4.78, 5) is 14.8. The molecule has 0 saturated heterocycles. The second-order valence-corrected chi connectivity index (χ2v) is 2.88.